The SMILES string of the molecule is CN.Nc1nc(N2CCCC2)c2c(n1)N1CCCC1CCO2. The number of ether oxygens (including phenoxy) is 1. The van der Waals surface area contributed by atoms with Gasteiger partial charge >= 0.3 is 0 Å². The molecular weight excluding hydrogens is 280 g/mol. The molecule has 3 aliphatic rings. The van der Waals surface area contributed by atoms with Crippen molar-refractivity contribution in [3.05, 3.63) is 0 Å². The molecule has 4 rings (SSSR count). The highest BCUT2D eigenvalue weighted by Gasteiger charge is 2.34. The number of nitrogens with two attached hydrogens (primary N) is 2. The zero-order chi connectivity index (χ0) is 15.5. The van der Waals surface area contributed by atoms with Gasteiger partial charge in [-0.25, -0.2) is 0 Å². The fourth-order valence-electron chi connectivity index (χ4n) is 3.62. The Hall–Kier alpha value is -1.76. The van der Waals surface area contributed by atoms with E-state index in [0.717, 1.165) is 50.0 Å². The molecule has 1 atom stereocenters. The Morgan fingerprint density at radius 2 is 1.73 bits per heavy atom. The van der Waals surface area contributed by atoms with Crippen LogP contribution < -0.4 is 26.0 Å². The largest absolute Gasteiger partial charge is 0.486 e. The van der Waals surface area contributed by atoms with Crippen molar-refractivity contribution in [2.24, 2.45) is 5.73 Å². The second-order valence-electron chi connectivity index (χ2n) is 5.88. The van der Waals surface area contributed by atoms with Crippen molar-refractivity contribution < 1.29 is 4.74 Å². The summed E-state index contributed by atoms with van der Waals surface area (Å²) in [5.74, 6) is 3.03. The summed E-state index contributed by atoms with van der Waals surface area (Å²) in [5, 5.41) is 0. The maximum absolute atomic E-state index is 6.02. The first-order valence-corrected chi connectivity index (χ1v) is 8.22. The molecule has 0 radical (unpaired) electrons. The molecule has 122 valence electrons. The van der Waals surface area contributed by atoms with Crippen LogP contribution in [-0.4, -0.2) is 49.3 Å². The smallest absolute Gasteiger partial charge is 0.224 e. The Morgan fingerprint density at radius 1 is 1.00 bits per heavy atom. The third-order valence-electron chi connectivity index (χ3n) is 4.60. The molecular formula is C15H26N6O. The van der Waals surface area contributed by atoms with Gasteiger partial charge in [0.05, 0.1) is 6.61 Å². The fraction of sp³-hybridized carbons (Fsp3) is 0.733. The van der Waals surface area contributed by atoms with Gasteiger partial charge in [-0.2, -0.15) is 9.97 Å². The minimum absolute atomic E-state index is 0.363. The molecule has 0 aliphatic carbocycles. The lowest BCUT2D eigenvalue weighted by Crippen LogP contribution is -2.30. The van der Waals surface area contributed by atoms with E-state index >= 15 is 0 Å². The minimum Gasteiger partial charge on any atom is -0.486 e. The van der Waals surface area contributed by atoms with Crippen molar-refractivity contribution in [3.8, 4) is 5.75 Å². The third kappa shape index (κ3) is 2.65. The second kappa shape index (κ2) is 6.56. The van der Waals surface area contributed by atoms with Crippen molar-refractivity contribution in [2.75, 3.05) is 48.8 Å². The van der Waals surface area contributed by atoms with E-state index < -0.39 is 0 Å². The number of aromatic nitrogens is 2. The Morgan fingerprint density at radius 3 is 2.50 bits per heavy atom. The average Bonchev–Trinajstić information content (AvgIpc) is 3.19. The summed E-state index contributed by atoms with van der Waals surface area (Å²) >= 11 is 0. The lowest BCUT2D eigenvalue weighted by molar-refractivity contribution is 0.309. The van der Waals surface area contributed by atoms with Crippen LogP contribution in [0.25, 0.3) is 0 Å². The monoisotopic (exact) mass is 306 g/mol. The van der Waals surface area contributed by atoms with Crippen LogP contribution in [0.1, 0.15) is 32.1 Å². The summed E-state index contributed by atoms with van der Waals surface area (Å²) in [6.07, 6.45) is 5.95. The van der Waals surface area contributed by atoms with E-state index in [4.69, 9.17) is 10.5 Å². The van der Waals surface area contributed by atoms with Gasteiger partial charge in [-0.3, -0.25) is 0 Å². The van der Waals surface area contributed by atoms with E-state index in [1.165, 1.54) is 32.7 Å². The predicted molar refractivity (Wildman–Crippen MR) is 88.5 cm³/mol. The number of rotatable bonds is 1. The van der Waals surface area contributed by atoms with E-state index in [-0.39, 0.29) is 0 Å². The molecule has 2 saturated heterocycles. The quantitative estimate of drug-likeness (QED) is 0.799. The Kier molecular flexibility index (Phi) is 4.52. The lowest BCUT2D eigenvalue weighted by Gasteiger charge is -2.26. The van der Waals surface area contributed by atoms with Crippen molar-refractivity contribution in [1.29, 1.82) is 0 Å². The molecule has 0 saturated carbocycles. The van der Waals surface area contributed by atoms with Crippen molar-refractivity contribution >= 4 is 17.6 Å². The summed E-state index contributed by atoms with van der Waals surface area (Å²) in [6.45, 7) is 3.88. The van der Waals surface area contributed by atoms with Crippen LogP contribution >= 0.6 is 0 Å². The molecule has 1 aromatic heterocycles. The normalized spacial score (nSPS) is 23.1. The van der Waals surface area contributed by atoms with Crippen LogP contribution in [0.15, 0.2) is 0 Å². The van der Waals surface area contributed by atoms with Crippen LogP contribution in [0.5, 0.6) is 5.75 Å². The Balaban J connectivity index is 0.000000693. The zero-order valence-electron chi connectivity index (χ0n) is 13.3. The highest BCUT2D eigenvalue weighted by Crippen LogP contribution is 2.42. The molecule has 22 heavy (non-hydrogen) atoms. The summed E-state index contributed by atoms with van der Waals surface area (Å²) < 4.78 is 6.02. The zero-order valence-corrected chi connectivity index (χ0v) is 13.3. The van der Waals surface area contributed by atoms with Gasteiger partial charge < -0.3 is 26.0 Å². The molecule has 3 aliphatic heterocycles. The first-order valence-electron chi connectivity index (χ1n) is 8.22. The molecule has 4 N–H and O–H groups in total. The maximum atomic E-state index is 6.02. The van der Waals surface area contributed by atoms with Gasteiger partial charge in [0, 0.05) is 32.1 Å². The fourth-order valence-corrected chi connectivity index (χ4v) is 3.62. The summed E-state index contributed by atoms with van der Waals surface area (Å²) in [5.41, 5.74) is 10.5. The van der Waals surface area contributed by atoms with Gasteiger partial charge in [-0.05, 0) is 32.7 Å². The van der Waals surface area contributed by atoms with E-state index in [1.54, 1.807) is 0 Å². The molecule has 0 amide bonds. The molecule has 7 nitrogen and oxygen atoms in total. The average molecular weight is 306 g/mol. The molecule has 1 aromatic rings. The molecule has 1 unspecified atom stereocenters. The van der Waals surface area contributed by atoms with Crippen LogP contribution in [0, 0.1) is 0 Å². The molecule has 0 aromatic carbocycles. The summed E-state index contributed by atoms with van der Waals surface area (Å²) in [4.78, 5) is 13.6. The van der Waals surface area contributed by atoms with Crippen molar-refractivity contribution in [2.45, 2.75) is 38.1 Å². The van der Waals surface area contributed by atoms with E-state index in [2.05, 4.69) is 25.5 Å². The van der Waals surface area contributed by atoms with Gasteiger partial charge in [-0.15, -0.1) is 0 Å². The van der Waals surface area contributed by atoms with Crippen LogP contribution in [-0.2, 0) is 0 Å². The van der Waals surface area contributed by atoms with Crippen LogP contribution in [0.2, 0.25) is 0 Å². The number of hydrogen-bond donors (Lipinski definition) is 2. The highest BCUT2D eigenvalue weighted by molar-refractivity contribution is 5.69. The number of fused-ring (bicyclic) bond motifs is 3. The topological polar surface area (TPSA) is 93.5 Å². The second-order valence-corrected chi connectivity index (χ2v) is 5.88. The Bertz CT molecular complexity index is 517. The van der Waals surface area contributed by atoms with E-state index in [0.29, 0.717) is 12.0 Å². The molecule has 0 spiro atoms. The lowest BCUT2D eigenvalue weighted by atomic mass is 10.1. The summed E-state index contributed by atoms with van der Waals surface area (Å²) in [7, 11) is 1.50. The first kappa shape index (κ1) is 15.1. The van der Waals surface area contributed by atoms with Gasteiger partial charge in [0.1, 0.15) is 0 Å². The predicted octanol–water partition coefficient (Wildman–Crippen LogP) is 0.985. The molecule has 4 heterocycles. The number of nitrogen functional groups attached to an aromatic ring is 1. The van der Waals surface area contributed by atoms with Gasteiger partial charge in [0.25, 0.3) is 0 Å². The van der Waals surface area contributed by atoms with Crippen LogP contribution in [0.4, 0.5) is 17.6 Å². The summed E-state index contributed by atoms with van der Waals surface area (Å²) in [6, 6.07) is 0.553. The highest BCUT2D eigenvalue weighted by atomic mass is 16.5. The number of anilines is 3. The third-order valence-corrected chi connectivity index (χ3v) is 4.60. The maximum Gasteiger partial charge on any atom is 0.224 e. The number of nitrogens with zero attached hydrogens (tertiary/aromatic N) is 4. The van der Waals surface area contributed by atoms with E-state index in [1.807, 2.05) is 0 Å². The van der Waals surface area contributed by atoms with Gasteiger partial charge in [0.2, 0.25) is 11.7 Å². The van der Waals surface area contributed by atoms with E-state index in [9.17, 15) is 0 Å². The van der Waals surface area contributed by atoms with Gasteiger partial charge in [0.15, 0.2) is 11.6 Å². The van der Waals surface area contributed by atoms with Crippen molar-refractivity contribution in [3.63, 3.8) is 0 Å². The number of hydrogen-bond acceptors (Lipinski definition) is 7. The first-order chi connectivity index (χ1) is 10.8. The van der Waals surface area contributed by atoms with Gasteiger partial charge in [-0.1, -0.05) is 0 Å². The molecule has 2 fully saturated rings. The standard InChI is InChI=1S/C14H21N5O.CH5N/c15-14-16-12(18-6-1-2-7-18)11-13(17-14)19-8-3-4-10(19)5-9-20-11;1-2/h10H,1-9H2,(H2,15,16,17);2H2,1H3. The molecule has 0 bridgehead atoms. The Labute approximate surface area is 131 Å². The minimum atomic E-state index is 0.363. The molecule has 7 heteroatoms. The van der Waals surface area contributed by atoms with Crippen molar-refractivity contribution in [1.82, 2.24) is 9.97 Å². The van der Waals surface area contributed by atoms with Crippen LogP contribution in [0.3, 0.4) is 0 Å².